The van der Waals surface area contributed by atoms with Crippen LogP contribution in [0, 0.1) is 5.82 Å². The third-order valence-electron chi connectivity index (χ3n) is 3.52. The molecule has 1 heterocycles. The first-order chi connectivity index (χ1) is 11.3. The zero-order chi connectivity index (χ0) is 17.3. The fraction of sp³-hybridized carbons (Fsp3) is 0.188. The lowest BCUT2D eigenvalue weighted by Crippen LogP contribution is -2.48. The monoisotopic (exact) mass is 350 g/mol. The van der Waals surface area contributed by atoms with E-state index in [1.165, 1.54) is 24.3 Å². The van der Waals surface area contributed by atoms with Gasteiger partial charge in [0.25, 0.3) is 5.91 Å². The van der Waals surface area contributed by atoms with Gasteiger partial charge < -0.3 is 10.1 Å². The number of fused-ring (bicyclic) bond motifs is 1. The molecule has 2 aromatic rings. The van der Waals surface area contributed by atoms with Crippen LogP contribution in [-0.4, -0.2) is 33.2 Å². The minimum atomic E-state index is -3.57. The maximum atomic E-state index is 13.2. The lowest BCUT2D eigenvalue weighted by Gasteiger charge is -2.33. The van der Waals surface area contributed by atoms with E-state index in [4.69, 9.17) is 4.74 Å². The number of ether oxygens (including phenoxy) is 1. The Hall–Kier alpha value is -2.61. The molecule has 6 nitrogen and oxygen atoms in total. The Morgan fingerprint density at radius 2 is 2.00 bits per heavy atom. The van der Waals surface area contributed by atoms with Crippen molar-refractivity contribution < 1.29 is 22.3 Å². The van der Waals surface area contributed by atoms with Gasteiger partial charge in [-0.15, -0.1) is 0 Å². The van der Waals surface area contributed by atoms with E-state index in [1.807, 2.05) is 0 Å². The van der Waals surface area contributed by atoms with Gasteiger partial charge in [0.15, 0.2) is 6.10 Å². The number of nitrogens with zero attached hydrogens (tertiary/aromatic N) is 1. The Morgan fingerprint density at radius 1 is 1.25 bits per heavy atom. The molecule has 24 heavy (non-hydrogen) atoms. The van der Waals surface area contributed by atoms with Gasteiger partial charge in [0.1, 0.15) is 11.6 Å². The number of carbonyl (C=O) groups excluding carboxylic acids is 1. The summed E-state index contributed by atoms with van der Waals surface area (Å²) < 4.78 is 44.0. The van der Waals surface area contributed by atoms with E-state index < -0.39 is 27.9 Å². The maximum Gasteiger partial charge on any atom is 0.267 e. The van der Waals surface area contributed by atoms with Crippen LogP contribution in [0.3, 0.4) is 0 Å². The number of sulfonamides is 1. The number of hydrogen-bond acceptors (Lipinski definition) is 4. The smallest absolute Gasteiger partial charge is 0.267 e. The number of halogens is 1. The van der Waals surface area contributed by atoms with Crippen molar-refractivity contribution in [2.45, 2.75) is 6.10 Å². The van der Waals surface area contributed by atoms with Crippen molar-refractivity contribution in [1.29, 1.82) is 0 Å². The van der Waals surface area contributed by atoms with Crippen LogP contribution in [0.25, 0.3) is 0 Å². The summed E-state index contributed by atoms with van der Waals surface area (Å²) in [6, 6.07) is 12.0. The minimum Gasteiger partial charge on any atom is -0.476 e. The summed E-state index contributed by atoms with van der Waals surface area (Å²) in [4.78, 5) is 12.4. The summed E-state index contributed by atoms with van der Waals surface area (Å²) in [5.74, 6) is -0.738. The molecule has 0 aromatic heterocycles. The van der Waals surface area contributed by atoms with Crippen LogP contribution in [0.5, 0.6) is 5.75 Å². The highest BCUT2D eigenvalue weighted by Gasteiger charge is 2.34. The molecule has 8 heteroatoms. The average molecular weight is 350 g/mol. The van der Waals surface area contributed by atoms with E-state index in [0.717, 1.165) is 10.6 Å². The number of rotatable bonds is 3. The van der Waals surface area contributed by atoms with Gasteiger partial charge in [-0.05, 0) is 30.3 Å². The van der Waals surface area contributed by atoms with Crippen molar-refractivity contribution in [2.75, 3.05) is 22.4 Å². The zero-order valence-corrected chi connectivity index (χ0v) is 13.6. The quantitative estimate of drug-likeness (QED) is 0.919. The second-order valence-electron chi connectivity index (χ2n) is 5.37. The molecule has 0 bridgehead atoms. The molecule has 1 aliphatic rings. The van der Waals surface area contributed by atoms with E-state index in [2.05, 4.69) is 5.32 Å². The number of amides is 1. The predicted octanol–water partition coefficient (Wildman–Crippen LogP) is 1.99. The molecular formula is C16H15FN2O4S. The standard InChI is InChI=1S/C16H15FN2O4S/c1-24(21,22)19-10-15(23-14-8-3-2-7-13(14)19)16(20)18-12-6-4-5-11(17)9-12/h2-9,15H,10H2,1H3,(H,18,20)/t15-/m1/s1. The van der Waals surface area contributed by atoms with Gasteiger partial charge in [-0.1, -0.05) is 18.2 Å². The van der Waals surface area contributed by atoms with Gasteiger partial charge in [0.05, 0.1) is 18.5 Å². The van der Waals surface area contributed by atoms with E-state index >= 15 is 0 Å². The van der Waals surface area contributed by atoms with Crippen LogP contribution >= 0.6 is 0 Å². The number of carbonyl (C=O) groups is 1. The van der Waals surface area contributed by atoms with Crippen molar-refractivity contribution >= 4 is 27.3 Å². The third-order valence-corrected chi connectivity index (χ3v) is 4.67. The molecule has 0 aliphatic carbocycles. The van der Waals surface area contributed by atoms with Gasteiger partial charge in [-0.3, -0.25) is 9.10 Å². The van der Waals surface area contributed by atoms with E-state index in [0.29, 0.717) is 11.4 Å². The highest BCUT2D eigenvalue weighted by Crippen LogP contribution is 2.34. The molecule has 0 saturated carbocycles. The lowest BCUT2D eigenvalue weighted by molar-refractivity contribution is -0.122. The van der Waals surface area contributed by atoms with Crippen molar-refractivity contribution in [3.8, 4) is 5.75 Å². The first kappa shape index (κ1) is 16.3. The topological polar surface area (TPSA) is 75.7 Å². The molecule has 0 spiro atoms. The maximum absolute atomic E-state index is 13.2. The molecule has 2 aromatic carbocycles. The average Bonchev–Trinajstić information content (AvgIpc) is 2.53. The van der Waals surface area contributed by atoms with Crippen LogP contribution in [0.2, 0.25) is 0 Å². The Balaban J connectivity index is 1.86. The SMILES string of the molecule is CS(=O)(=O)N1C[C@H](C(=O)Nc2cccc(F)c2)Oc2ccccc21. The summed E-state index contributed by atoms with van der Waals surface area (Å²) in [6.45, 7) is -0.156. The number of nitrogens with one attached hydrogen (secondary N) is 1. The molecule has 0 fully saturated rings. The van der Waals surface area contributed by atoms with E-state index in [-0.39, 0.29) is 12.2 Å². The van der Waals surface area contributed by atoms with Crippen LogP contribution in [0.15, 0.2) is 48.5 Å². The Labute approximate surface area is 138 Å². The van der Waals surface area contributed by atoms with Crippen LogP contribution < -0.4 is 14.4 Å². The summed E-state index contributed by atoms with van der Waals surface area (Å²) in [5, 5.41) is 2.53. The zero-order valence-electron chi connectivity index (χ0n) is 12.8. The minimum absolute atomic E-state index is 0.156. The van der Waals surface area contributed by atoms with Gasteiger partial charge >= 0.3 is 0 Å². The lowest BCUT2D eigenvalue weighted by atomic mass is 10.2. The molecule has 3 rings (SSSR count). The first-order valence-electron chi connectivity index (χ1n) is 7.14. The normalized spacial score (nSPS) is 16.9. The molecule has 0 radical (unpaired) electrons. The summed E-state index contributed by atoms with van der Waals surface area (Å²) >= 11 is 0. The molecule has 126 valence electrons. The van der Waals surface area contributed by atoms with Gasteiger partial charge in [0.2, 0.25) is 10.0 Å². The first-order valence-corrected chi connectivity index (χ1v) is 8.99. The third kappa shape index (κ3) is 3.33. The molecule has 0 saturated heterocycles. The summed E-state index contributed by atoms with van der Waals surface area (Å²) in [5.41, 5.74) is 0.656. The Kier molecular flexibility index (Phi) is 4.15. The van der Waals surface area contributed by atoms with Gasteiger partial charge in [-0.25, -0.2) is 12.8 Å². The van der Waals surface area contributed by atoms with Gasteiger partial charge in [-0.2, -0.15) is 0 Å². The van der Waals surface area contributed by atoms with E-state index in [9.17, 15) is 17.6 Å². The van der Waals surface area contributed by atoms with Crippen molar-refractivity contribution in [2.24, 2.45) is 0 Å². The van der Waals surface area contributed by atoms with Crippen molar-refractivity contribution in [1.82, 2.24) is 0 Å². The highest BCUT2D eigenvalue weighted by molar-refractivity contribution is 7.92. The number of anilines is 2. The van der Waals surface area contributed by atoms with Crippen LogP contribution in [0.4, 0.5) is 15.8 Å². The van der Waals surface area contributed by atoms with Crippen LogP contribution in [-0.2, 0) is 14.8 Å². The second-order valence-corrected chi connectivity index (χ2v) is 7.27. The number of para-hydroxylation sites is 2. The van der Waals surface area contributed by atoms with E-state index in [1.54, 1.807) is 24.3 Å². The summed E-state index contributed by atoms with van der Waals surface area (Å²) in [6.07, 6.45) is 0.0225. The van der Waals surface area contributed by atoms with Crippen LogP contribution in [0.1, 0.15) is 0 Å². The number of benzene rings is 2. The molecule has 0 unspecified atom stereocenters. The fourth-order valence-electron chi connectivity index (χ4n) is 2.44. The molecule has 1 N–H and O–H groups in total. The highest BCUT2D eigenvalue weighted by atomic mass is 32.2. The second kappa shape index (κ2) is 6.12. The number of hydrogen-bond donors (Lipinski definition) is 1. The Morgan fingerprint density at radius 3 is 2.71 bits per heavy atom. The molecular weight excluding hydrogens is 335 g/mol. The largest absolute Gasteiger partial charge is 0.476 e. The predicted molar refractivity (Wildman–Crippen MR) is 88.1 cm³/mol. The van der Waals surface area contributed by atoms with Crippen molar-refractivity contribution in [3.63, 3.8) is 0 Å². The van der Waals surface area contributed by atoms with Crippen molar-refractivity contribution in [3.05, 3.63) is 54.3 Å². The molecule has 1 atom stereocenters. The molecule has 1 aliphatic heterocycles. The Bertz CT molecular complexity index is 885. The molecule has 1 amide bonds. The summed E-state index contributed by atoms with van der Waals surface area (Å²) in [7, 11) is -3.57. The van der Waals surface area contributed by atoms with Gasteiger partial charge in [0, 0.05) is 5.69 Å². The fourth-order valence-corrected chi connectivity index (χ4v) is 3.36.